The first-order chi connectivity index (χ1) is 14.6. The molecule has 3 aliphatic heterocycles. The highest BCUT2D eigenvalue weighted by molar-refractivity contribution is 6.23. The van der Waals surface area contributed by atoms with Gasteiger partial charge in [-0.3, -0.25) is 29.3 Å². The summed E-state index contributed by atoms with van der Waals surface area (Å²) in [5.74, 6) is -4.92. The van der Waals surface area contributed by atoms with Gasteiger partial charge >= 0.3 is 11.9 Å². The second-order valence-electron chi connectivity index (χ2n) is 7.59. The summed E-state index contributed by atoms with van der Waals surface area (Å²) in [7, 11) is 0. The molecule has 4 rings (SSSR count). The van der Waals surface area contributed by atoms with Crippen LogP contribution in [0.4, 0.5) is 11.4 Å². The predicted molar refractivity (Wildman–Crippen MR) is 101 cm³/mol. The zero-order valence-corrected chi connectivity index (χ0v) is 16.8. The fourth-order valence-electron chi connectivity index (χ4n) is 4.41. The highest BCUT2D eigenvalue weighted by atomic mass is 16.7. The highest BCUT2D eigenvalue weighted by Crippen LogP contribution is 2.55. The van der Waals surface area contributed by atoms with Crippen LogP contribution in [0.25, 0.3) is 0 Å². The fourth-order valence-corrected chi connectivity index (χ4v) is 4.41. The van der Waals surface area contributed by atoms with Crippen LogP contribution in [0.2, 0.25) is 0 Å². The Labute approximate surface area is 175 Å². The molecule has 0 aromatic heterocycles. The molecule has 11 nitrogen and oxygen atoms in total. The number of hydrogen-bond acceptors (Lipinski definition) is 9. The van der Waals surface area contributed by atoms with Gasteiger partial charge in [-0.05, 0) is 18.6 Å². The SMILES string of the molecule is CC(=O)OC(OC(C)=O)[C@@]12C=C[C@@H](O1)[C@@H]1C(=O)N(c3cc([N+](=O)[O-])ccc3C)C(=O)[C@H]12. The number of fused-ring (bicyclic) bond motifs is 5. The first-order valence-electron chi connectivity index (χ1n) is 9.41. The molecule has 31 heavy (non-hydrogen) atoms. The molecule has 2 fully saturated rings. The minimum atomic E-state index is -1.68. The number of imide groups is 1. The maximum atomic E-state index is 13.4. The first-order valence-corrected chi connectivity index (χ1v) is 9.41. The summed E-state index contributed by atoms with van der Waals surface area (Å²) in [6.07, 6.45) is 0.626. The molecule has 3 aliphatic rings. The van der Waals surface area contributed by atoms with Crippen molar-refractivity contribution >= 4 is 35.1 Å². The number of carbonyl (C=O) groups is 4. The number of nitro benzene ring substituents is 1. The van der Waals surface area contributed by atoms with E-state index in [0.717, 1.165) is 24.8 Å². The number of benzene rings is 1. The van der Waals surface area contributed by atoms with Gasteiger partial charge in [0.25, 0.3) is 12.0 Å². The van der Waals surface area contributed by atoms with Crippen LogP contribution in [0.5, 0.6) is 0 Å². The zero-order chi connectivity index (χ0) is 22.7. The number of esters is 2. The number of nitrogens with zero attached hydrogens (tertiary/aromatic N) is 2. The smallest absolute Gasteiger partial charge is 0.305 e. The minimum absolute atomic E-state index is 0.0877. The van der Waals surface area contributed by atoms with Crippen LogP contribution in [0, 0.1) is 28.9 Å². The van der Waals surface area contributed by atoms with Crippen molar-refractivity contribution in [2.24, 2.45) is 11.8 Å². The summed E-state index contributed by atoms with van der Waals surface area (Å²) in [6, 6.07) is 3.88. The van der Waals surface area contributed by atoms with Crippen molar-refractivity contribution < 1.29 is 38.3 Å². The number of amides is 2. The van der Waals surface area contributed by atoms with E-state index in [4.69, 9.17) is 14.2 Å². The van der Waals surface area contributed by atoms with Crippen molar-refractivity contribution in [3.05, 3.63) is 46.0 Å². The number of hydrogen-bond donors (Lipinski definition) is 0. The summed E-state index contributed by atoms with van der Waals surface area (Å²) in [5.41, 5.74) is -1.38. The molecule has 0 spiro atoms. The predicted octanol–water partition coefficient (Wildman–Crippen LogP) is 1.17. The molecular weight excluding hydrogens is 412 g/mol. The van der Waals surface area contributed by atoms with E-state index in [1.54, 1.807) is 13.0 Å². The lowest BCUT2D eigenvalue weighted by atomic mass is 9.76. The van der Waals surface area contributed by atoms with Crippen LogP contribution in [0.1, 0.15) is 19.4 Å². The van der Waals surface area contributed by atoms with Crippen molar-refractivity contribution in [2.75, 3.05) is 4.90 Å². The summed E-state index contributed by atoms with van der Waals surface area (Å²) in [6.45, 7) is 3.83. The summed E-state index contributed by atoms with van der Waals surface area (Å²) in [5, 5.41) is 11.2. The van der Waals surface area contributed by atoms with E-state index in [1.165, 1.54) is 18.2 Å². The van der Waals surface area contributed by atoms with Gasteiger partial charge in [0.15, 0.2) is 5.60 Å². The Kier molecular flexibility index (Phi) is 4.65. The second kappa shape index (κ2) is 6.98. The van der Waals surface area contributed by atoms with Crippen molar-refractivity contribution in [1.29, 1.82) is 0 Å². The molecule has 0 radical (unpaired) electrons. The molecule has 2 bridgehead atoms. The lowest BCUT2D eigenvalue weighted by Gasteiger charge is -2.34. The first kappa shape index (κ1) is 20.7. The maximum absolute atomic E-state index is 13.4. The fraction of sp³-hybridized carbons (Fsp3) is 0.400. The van der Waals surface area contributed by atoms with Crippen molar-refractivity contribution in [1.82, 2.24) is 0 Å². The Bertz CT molecular complexity index is 1050. The number of carbonyl (C=O) groups excluding carboxylic acids is 4. The van der Waals surface area contributed by atoms with E-state index in [-0.39, 0.29) is 11.4 Å². The average Bonchev–Trinajstić information content (AvgIpc) is 3.32. The number of rotatable bonds is 5. The van der Waals surface area contributed by atoms with Crippen LogP contribution < -0.4 is 4.90 Å². The molecule has 0 aliphatic carbocycles. The Balaban J connectivity index is 1.78. The third kappa shape index (κ3) is 3.00. The van der Waals surface area contributed by atoms with Gasteiger partial charge in [-0.25, -0.2) is 4.90 Å². The minimum Gasteiger partial charge on any atom is -0.422 e. The van der Waals surface area contributed by atoms with Crippen LogP contribution in [0.15, 0.2) is 30.4 Å². The molecule has 1 aromatic rings. The Morgan fingerprint density at radius 3 is 2.42 bits per heavy atom. The Hall–Kier alpha value is -3.60. The number of anilines is 1. The van der Waals surface area contributed by atoms with Gasteiger partial charge in [0.2, 0.25) is 11.8 Å². The molecule has 4 atom stereocenters. The molecule has 162 valence electrons. The molecule has 1 aromatic carbocycles. The molecular formula is C20H18N2O9. The van der Waals surface area contributed by atoms with Crippen LogP contribution >= 0.6 is 0 Å². The van der Waals surface area contributed by atoms with Gasteiger partial charge in [-0.2, -0.15) is 0 Å². The molecule has 3 heterocycles. The van der Waals surface area contributed by atoms with Crippen LogP contribution in [-0.2, 0) is 33.4 Å². The molecule has 0 unspecified atom stereocenters. The summed E-state index contributed by atoms with van der Waals surface area (Å²) in [4.78, 5) is 61.4. The maximum Gasteiger partial charge on any atom is 0.305 e. The van der Waals surface area contributed by atoms with E-state index >= 15 is 0 Å². The van der Waals surface area contributed by atoms with E-state index < -0.39 is 58.5 Å². The van der Waals surface area contributed by atoms with E-state index in [9.17, 15) is 29.3 Å². The largest absolute Gasteiger partial charge is 0.422 e. The molecule has 11 heteroatoms. The van der Waals surface area contributed by atoms with Gasteiger partial charge < -0.3 is 14.2 Å². The standard InChI is InChI=1S/C20H18N2O9/c1-9-4-5-12(22(27)28)8-13(9)21-17(25)15-14-6-7-20(31-14,16(15)18(21)26)19(29-10(2)23)30-11(3)24/h4-8,14-16,19H,1-3H3/t14-,15+,16+,20+/m1/s1. The Morgan fingerprint density at radius 2 is 1.84 bits per heavy atom. The Morgan fingerprint density at radius 1 is 1.19 bits per heavy atom. The van der Waals surface area contributed by atoms with Crippen molar-refractivity contribution in [3.63, 3.8) is 0 Å². The normalized spacial score (nSPS) is 28.3. The third-order valence-electron chi connectivity index (χ3n) is 5.64. The summed E-state index contributed by atoms with van der Waals surface area (Å²) >= 11 is 0. The van der Waals surface area contributed by atoms with E-state index in [0.29, 0.717) is 5.56 Å². The van der Waals surface area contributed by atoms with Gasteiger partial charge in [-0.15, -0.1) is 0 Å². The average molecular weight is 430 g/mol. The van der Waals surface area contributed by atoms with Crippen molar-refractivity contribution in [3.8, 4) is 0 Å². The van der Waals surface area contributed by atoms with Gasteiger partial charge in [0.05, 0.1) is 28.6 Å². The van der Waals surface area contributed by atoms with Gasteiger partial charge in [0, 0.05) is 26.0 Å². The topological polar surface area (TPSA) is 142 Å². The monoisotopic (exact) mass is 430 g/mol. The lowest BCUT2D eigenvalue weighted by molar-refractivity contribution is -0.384. The van der Waals surface area contributed by atoms with Crippen LogP contribution in [0.3, 0.4) is 0 Å². The van der Waals surface area contributed by atoms with Crippen molar-refractivity contribution in [2.45, 2.75) is 38.8 Å². The molecule has 0 N–H and O–H groups in total. The lowest BCUT2D eigenvalue weighted by Crippen LogP contribution is -2.52. The van der Waals surface area contributed by atoms with Crippen LogP contribution in [-0.4, -0.2) is 46.7 Å². The quantitative estimate of drug-likeness (QED) is 0.168. The molecule has 2 saturated heterocycles. The molecule has 2 amide bonds. The number of aryl methyl sites for hydroxylation is 1. The van der Waals surface area contributed by atoms with Gasteiger partial charge in [0.1, 0.15) is 0 Å². The zero-order valence-electron chi connectivity index (χ0n) is 16.8. The van der Waals surface area contributed by atoms with E-state index in [1.807, 2.05) is 0 Å². The number of nitro groups is 1. The number of ether oxygens (including phenoxy) is 3. The number of non-ortho nitro benzene ring substituents is 1. The van der Waals surface area contributed by atoms with E-state index in [2.05, 4.69) is 0 Å². The third-order valence-corrected chi connectivity index (χ3v) is 5.64. The summed E-state index contributed by atoms with van der Waals surface area (Å²) < 4.78 is 16.2. The second-order valence-corrected chi connectivity index (χ2v) is 7.59. The highest BCUT2D eigenvalue weighted by Gasteiger charge is 2.72. The van der Waals surface area contributed by atoms with Gasteiger partial charge in [-0.1, -0.05) is 12.1 Å². The molecule has 0 saturated carbocycles.